The lowest BCUT2D eigenvalue weighted by molar-refractivity contribution is -0.145. The molecule has 0 saturated carbocycles. The molecule has 0 aliphatic carbocycles. The van der Waals surface area contributed by atoms with E-state index in [9.17, 15) is 9.59 Å². The third-order valence-electron chi connectivity index (χ3n) is 3.25. The molecule has 0 fully saturated rings. The Morgan fingerprint density at radius 2 is 1.75 bits per heavy atom. The van der Waals surface area contributed by atoms with Gasteiger partial charge in [0.2, 0.25) is 0 Å². The first-order chi connectivity index (χ1) is 11.7. The largest absolute Gasteiger partial charge is 0.461 e. The molecule has 0 aliphatic rings. The third-order valence-corrected chi connectivity index (χ3v) is 5.28. The van der Waals surface area contributed by atoms with Crippen molar-refractivity contribution in [2.45, 2.75) is 23.8 Å². The Bertz CT molecular complexity index is 813. The van der Waals surface area contributed by atoms with E-state index >= 15 is 0 Å². The van der Waals surface area contributed by atoms with E-state index in [1.54, 1.807) is 0 Å². The summed E-state index contributed by atoms with van der Waals surface area (Å²) < 4.78 is 6.92. The van der Waals surface area contributed by atoms with E-state index in [1.165, 1.54) is 11.3 Å². The van der Waals surface area contributed by atoms with Crippen molar-refractivity contribution in [3.8, 4) is 0 Å². The van der Waals surface area contributed by atoms with Gasteiger partial charge in [0.15, 0.2) is 9.45 Å². The third kappa shape index (κ3) is 4.66. The van der Waals surface area contributed by atoms with Crippen LogP contribution in [0, 0.1) is 0 Å². The Hall–Kier alpha value is -2.18. The van der Waals surface area contributed by atoms with Crippen LogP contribution in [0.15, 0.2) is 58.9 Å². The van der Waals surface area contributed by atoms with Crippen molar-refractivity contribution in [2.24, 2.45) is 0 Å². The van der Waals surface area contributed by atoms with E-state index in [-0.39, 0.29) is 30.5 Å². The van der Waals surface area contributed by atoms with Crippen LogP contribution in [0.5, 0.6) is 0 Å². The predicted molar refractivity (Wildman–Crippen MR) is 96.0 cm³/mol. The number of thiazole rings is 1. The smallest absolute Gasteiger partial charge is 0.306 e. The van der Waals surface area contributed by atoms with Crippen LogP contribution >= 0.6 is 23.1 Å². The lowest BCUT2D eigenvalue weighted by Gasteiger charge is -2.04. The molecule has 122 valence electrons. The number of para-hydroxylation sites is 1. The van der Waals surface area contributed by atoms with Crippen molar-refractivity contribution in [3.63, 3.8) is 0 Å². The minimum Gasteiger partial charge on any atom is -0.461 e. The van der Waals surface area contributed by atoms with Crippen molar-refractivity contribution >= 4 is 44.4 Å². The van der Waals surface area contributed by atoms with Crippen molar-refractivity contribution in [3.05, 3.63) is 60.2 Å². The fourth-order valence-corrected chi connectivity index (χ4v) is 4.01. The second-order valence-electron chi connectivity index (χ2n) is 5.07. The molecule has 2 aromatic carbocycles. The first kappa shape index (κ1) is 16.7. The summed E-state index contributed by atoms with van der Waals surface area (Å²) in [6.07, 6.45) is 0.234. The number of ether oxygens (including phenoxy) is 1. The minimum absolute atomic E-state index is 0.0780. The van der Waals surface area contributed by atoms with Crippen LogP contribution in [-0.4, -0.2) is 16.1 Å². The Kier molecular flexibility index (Phi) is 5.61. The molecule has 0 unspecified atom stereocenters. The molecule has 0 aliphatic heterocycles. The Balaban J connectivity index is 1.44. The SMILES string of the molecule is O=C(CCC(=O)Sc1nc2ccccc2s1)OCc1ccccc1. The van der Waals surface area contributed by atoms with E-state index in [2.05, 4.69) is 4.98 Å². The minimum atomic E-state index is -0.364. The molecule has 4 nitrogen and oxygen atoms in total. The van der Waals surface area contributed by atoms with Crippen LogP contribution < -0.4 is 0 Å². The van der Waals surface area contributed by atoms with Gasteiger partial charge in [-0.1, -0.05) is 42.5 Å². The van der Waals surface area contributed by atoms with Gasteiger partial charge in [-0.2, -0.15) is 0 Å². The summed E-state index contributed by atoms with van der Waals surface area (Å²) in [7, 11) is 0. The molecule has 6 heteroatoms. The molecular weight excluding hydrogens is 342 g/mol. The summed E-state index contributed by atoms with van der Waals surface area (Å²) in [6.45, 7) is 0.235. The van der Waals surface area contributed by atoms with Crippen LogP contribution in [0.4, 0.5) is 0 Å². The van der Waals surface area contributed by atoms with Gasteiger partial charge in [-0.3, -0.25) is 9.59 Å². The molecule has 0 amide bonds. The van der Waals surface area contributed by atoms with Crippen molar-refractivity contribution < 1.29 is 14.3 Å². The quantitative estimate of drug-likeness (QED) is 0.482. The number of fused-ring (bicyclic) bond motifs is 1. The van der Waals surface area contributed by atoms with E-state index in [4.69, 9.17) is 4.74 Å². The zero-order chi connectivity index (χ0) is 16.8. The Morgan fingerprint density at radius 1 is 1.00 bits per heavy atom. The number of rotatable bonds is 6. The van der Waals surface area contributed by atoms with E-state index in [0.717, 1.165) is 27.5 Å². The lowest BCUT2D eigenvalue weighted by Crippen LogP contribution is -2.06. The number of carbonyl (C=O) groups excluding carboxylic acids is 2. The molecule has 3 rings (SSSR count). The maximum Gasteiger partial charge on any atom is 0.306 e. The topological polar surface area (TPSA) is 56.3 Å². The zero-order valence-electron chi connectivity index (χ0n) is 12.8. The summed E-state index contributed by atoms with van der Waals surface area (Å²) >= 11 is 2.57. The summed E-state index contributed by atoms with van der Waals surface area (Å²) in [4.78, 5) is 28.1. The summed E-state index contributed by atoms with van der Waals surface area (Å²) in [5, 5.41) is -0.0780. The van der Waals surface area contributed by atoms with E-state index < -0.39 is 0 Å². The van der Waals surface area contributed by atoms with Gasteiger partial charge in [0, 0.05) is 6.42 Å². The highest BCUT2D eigenvalue weighted by Gasteiger charge is 2.12. The molecule has 0 bridgehead atoms. The van der Waals surface area contributed by atoms with Gasteiger partial charge in [0.1, 0.15) is 6.61 Å². The molecule has 1 heterocycles. The first-order valence-electron chi connectivity index (χ1n) is 7.46. The predicted octanol–water partition coefficient (Wildman–Crippen LogP) is 4.44. The average molecular weight is 357 g/mol. The van der Waals surface area contributed by atoms with Gasteiger partial charge < -0.3 is 4.74 Å². The van der Waals surface area contributed by atoms with Crippen molar-refractivity contribution in [1.29, 1.82) is 0 Å². The highest BCUT2D eigenvalue weighted by atomic mass is 32.2. The molecule has 3 aromatic rings. The number of carbonyl (C=O) groups is 2. The number of nitrogens with zero attached hydrogens (tertiary/aromatic N) is 1. The van der Waals surface area contributed by atoms with Crippen LogP contribution in [0.2, 0.25) is 0 Å². The molecule has 0 spiro atoms. The van der Waals surface area contributed by atoms with Crippen molar-refractivity contribution in [2.75, 3.05) is 0 Å². The molecule has 0 saturated heterocycles. The fraction of sp³-hybridized carbons (Fsp3) is 0.167. The number of benzene rings is 2. The Labute approximate surface area is 147 Å². The van der Waals surface area contributed by atoms with Gasteiger partial charge >= 0.3 is 5.97 Å². The molecule has 0 radical (unpaired) electrons. The van der Waals surface area contributed by atoms with Crippen LogP contribution in [0.3, 0.4) is 0 Å². The number of hydrogen-bond acceptors (Lipinski definition) is 6. The van der Waals surface area contributed by atoms with Crippen molar-refractivity contribution in [1.82, 2.24) is 4.98 Å². The highest BCUT2D eigenvalue weighted by molar-refractivity contribution is 8.15. The molecule has 24 heavy (non-hydrogen) atoms. The standard InChI is InChI=1S/C18H15NO3S2/c20-16(22-12-13-6-2-1-3-7-13)10-11-17(21)24-18-19-14-8-4-5-9-15(14)23-18/h1-9H,10-12H2. The van der Waals surface area contributed by atoms with Crippen LogP contribution in [0.25, 0.3) is 10.2 Å². The van der Waals surface area contributed by atoms with E-state index in [0.29, 0.717) is 4.34 Å². The van der Waals surface area contributed by atoms with Gasteiger partial charge in [-0.05, 0) is 29.5 Å². The van der Waals surface area contributed by atoms with Gasteiger partial charge in [0.05, 0.1) is 16.6 Å². The number of aromatic nitrogens is 1. The normalized spacial score (nSPS) is 10.7. The number of esters is 1. The monoisotopic (exact) mass is 357 g/mol. The molecule has 1 aromatic heterocycles. The first-order valence-corrected chi connectivity index (χ1v) is 9.10. The summed E-state index contributed by atoms with van der Waals surface area (Å²) in [6, 6.07) is 17.2. The van der Waals surface area contributed by atoms with Gasteiger partial charge in [0.25, 0.3) is 0 Å². The molecule has 0 atom stereocenters. The number of thioether (sulfide) groups is 1. The molecular formula is C18H15NO3S2. The summed E-state index contributed by atoms with van der Waals surface area (Å²) in [5.41, 5.74) is 1.82. The number of hydrogen-bond donors (Lipinski definition) is 0. The maximum absolute atomic E-state index is 12.0. The fourth-order valence-electron chi connectivity index (χ4n) is 2.06. The van der Waals surface area contributed by atoms with Gasteiger partial charge in [-0.25, -0.2) is 4.98 Å². The van der Waals surface area contributed by atoms with Crippen LogP contribution in [-0.2, 0) is 20.9 Å². The highest BCUT2D eigenvalue weighted by Crippen LogP contribution is 2.30. The summed E-state index contributed by atoms with van der Waals surface area (Å²) in [5.74, 6) is -0.364. The van der Waals surface area contributed by atoms with Gasteiger partial charge in [-0.15, -0.1) is 11.3 Å². The second kappa shape index (κ2) is 8.08. The van der Waals surface area contributed by atoms with E-state index in [1.807, 2.05) is 54.6 Å². The lowest BCUT2D eigenvalue weighted by atomic mass is 10.2. The zero-order valence-corrected chi connectivity index (χ0v) is 14.4. The second-order valence-corrected chi connectivity index (χ2v) is 7.40. The van der Waals surface area contributed by atoms with Crippen LogP contribution in [0.1, 0.15) is 18.4 Å². The Morgan fingerprint density at radius 3 is 2.54 bits per heavy atom. The molecule has 0 N–H and O–H groups in total. The average Bonchev–Trinajstić information content (AvgIpc) is 3.01. The maximum atomic E-state index is 12.0.